The maximum atomic E-state index is 12.4. The minimum absolute atomic E-state index is 0.385. The summed E-state index contributed by atoms with van der Waals surface area (Å²) >= 11 is 1.21. The molecule has 0 bridgehead atoms. The molecule has 0 saturated heterocycles. The van der Waals surface area contributed by atoms with E-state index in [1.165, 1.54) is 18.9 Å². The van der Waals surface area contributed by atoms with Crippen LogP contribution in [0.5, 0.6) is 0 Å². The van der Waals surface area contributed by atoms with E-state index in [1.807, 2.05) is 66.7 Å². The summed E-state index contributed by atoms with van der Waals surface area (Å²) < 4.78 is 11.1. The van der Waals surface area contributed by atoms with E-state index < -0.39 is 5.25 Å². The number of ether oxygens (including phenoxy) is 1. The predicted octanol–water partition coefficient (Wildman–Crippen LogP) is 5.41. The number of hydrogen-bond acceptors (Lipinski definition) is 6. The topological polar surface area (TPSA) is 65.2 Å². The Bertz CT molecular complexity index is 1030. The van der Waals surface area contributed by atoms with Gasteiger partial charge in [0.05, 0.1) is 7.11 Å². The highest BCUT2D eigenvalue weighted by atomic mass is 32.2. The molecule has 0 amide bonds. The van der Waals surface area contributed by atoms with Gasteiger partial charge >= 0.3 is 5.97 Å². The molecule has 1 unspecified atom stereocenters. The van der Waals surface area contributed by atoms with Gasteiger partial charge in [0.15, 0.2) is 5.76 Å². The number of pyridine rings is 1. The normalized spacial score (nSPS) is 11.8. The first kappa shape index (κ1) is 19.0. The summed E-state index contributed by atoms with van der Waals surface area (Å²) in [7, 11) is 1.37. The summed E-state index contributed by atoms with van der Waals surface area (Å²) in [6, 6.07) is 23.3. The van der Waals surface area contributed by atoms with Gasteiger partial charge in [0.25, 0.3) is 5.22 Å². The first-order valence-corrected chi connectivity index (χ1v) is 9.90. The van der Waals surface area contributed by atoms with Crippen LogP contribution in [0.2, 0.25) is 0 Å². The van der Waals surface area contributed by atoms with Crippen molar-refractivity contribution < 1.29 is 13.9 Å². The molecule has 0 radical (unpaired) electrons. The van der Waals surface area contributed by atoms with Gasteiger partial charge in [0.1, 0.15) is 10.9 Å². The number of thioether (sulfide) groups is 1. The van der Waals surface area contributed by atoms with E-state index in [1.54, 1.807) is 18.5 Å². The molecule has 6 heteroatoms. The summed E-state index contributed by atoms with van der Waals surface area (Å²) in [5, 5.41) is -0.235. The molecule has 5 nitrogen and oxygen atoms in total. The van der Waals surface area contributed by atoms with E-state index in [-0.39, 0.29) is 5.97 Å². The Kier molecular flexibility index (Phi) is 5.72. The van der Waals surface area contributed by atoms with Gasteiger partial charge in [-0.2, -0.15) is 0 Å². The SMILES string of the molecule is COC(=O)C(Sc1nc(-c2ccccc2)c(-c2ccccc2)o1)c1cccnc1. The highest BCUT2D eigenvalue weighted by Crippen LogP contribution is 2.41. The second-order valence-electron chi connectivity index (χ2n) is 6.20. The molecule has 0 spiro atoms. The summed E-state index contributed by atoms with van der Waals surface area (Å²) in [5.74, 6) is 0.276. The zero-order valence-electron chi connectivity index (χ0n) is 15.7. The number of rotatable bonds is 6. The Morgan fingerprint density at radius 3 is 2.28 bits per heavy atom. The van der Waals surface area contributed by atoms with Gasteiger partial charge in [-0.15, -0.1) is 0 Å². The number of nitrogens with zero attached hydrogens (tertiary/aromatic N) is 2. The summed E-state index contributed by atoms with van der Waals surface area (Å²) in [4.78, 5) is 21.2. The Labute approximate surface area is 172 Å². The lowest BCUT2D eigenvalue weighted by Gasteiger charge is -2.11. The van der Waals surface area contributed by atoms with Crippen molar-refractivity contribution in [1.82, 2.24) is 9.97 Å². The van der Waals surface area contributed by atoms with Gasteiger partial charge < -0.3 is 9.15 Å². The number of hydrogen-bond donors (Lipinski definition) is 0. The standard InChI is InChI=1S/C23H18N2O3S/c1-27-22(26)21(18-13-8-14-24-15-18)29-23-25-19(16-9-4-2-5-10-16)20(28-23)17-11-6-3-7-12-17/h2-15,21H,1H3. The molecule has 0 aliphatic rings. The first-order valence-electron chi connectivity index (χ1n) is 9.02. The highest BCUT2D eigenvalue weighted by molar-refractivity contribution is 8.00. The van der Waals surface area contributed by atoms with Gasteiger partial charge in [-0.25, -0.2) is 4.98 Å². The van der Waals surface area contributed by atoms with Crippen LogP contribution in [0.4, 0.5) is 0 Å². The Balaban J connectivity index is 1.76. The number of benzene rings is 2. The smallest absolute Gasteiger partial charge is 0.323 e. The molecule has 0 aliphatic heterocycles. The molecule has 144 valence electrons. The van der Waals surface area contributed by atoms with Crippen LogP contribution in [-0.2, 0) is 9.53 Å². The quantitative estimate of drug-likeness (QED) is 0.317. The van der Waals surface area contributed by atoms with Crippen molar-refractivity contribution in [3.8, 4) is 22.6 Å². The lowest BCUT2D eigenvalue weighted by Crippen LogP contribution is -2.11. The molecule has 29 heavy (non-hydrogen) atoms. The molecule has 0 fully saturated rings. The first-order chi connectivity index (χ1) is 14.3. The largest absolute Gasteiger partial charge is 0.468 e. The Morgan fingerprint density at radius 2 is 1.66 bits per heavy atom. The van der Waals surface area contributed by atoms with Gasteiger partial charge in [-0.3, -0.25) is 9.78 Å². The van der Waals surface area contributed by atoms with Crippen LogP contribution < -0.4 is 0 Å². The second-order valence-corrected chi connectivity index (χ2v) is 7.25. The van der Waals surface area contributed by atoms with E-state index in [4.69, 9.17) is 14.1 Å². The summed E-state index contributed by atoms with van der Waals surface area (Å²) in [6.07, 6.45) is 3.31. The van der Waals surface area contributed by atoms with Crippen LogP contribution in [0.15, 0.2) is 94.8 Å². The number of carbonyl (C=O) groups is 1. The van der Waals surface area contributed by atoms with Crippen molar-refractivity contribution in [3.63, 3.8) is 0 Å². The Hall–Kier alpha value is -3.38. The van der Waals surface area contributed by atoms with Crippen molar-refractivity contribution in [1.29, 1.82) is 0 Å². The van der Waals surface area contributed by atoms with Gasteiger partial charge in [0, 0.05) is 23.5 Å². The second kappa shape index (κ2) is 8.75. The third-order valence-electron chi connectivity index (χ3n) is 4.31. The average Bonchev–Trinajstić information content (AvgIpc) is 3.23. The number of aromatic nitrogens is 2. The molecule has 2 aromatic carbocycles. The monoisotopic (exact) mass is 402 g/mol. The van der Waals surface area contributed by atoms with Crippen molar-refractivity contribution >= 4 is 17.7 Å². The van der Waals surface area contributed by atoms with Crippen LogP contribution >= 0.6 is 11.8 Å². The zero-order chi connectivity index (χ0) is 20.1. The lowest BCUT2D eigenvalue weighted by molar-refractivity contribution is -0.140. The molecule has 1 atom stereocenters. The number of methoxy groups -OCH3 is 1. The van der Waals surface area contributed by atoms with Gasteiger partial charge in [-0.05, 0) is 23.4 Å². The van der Waals surface area contributed by atoms with Crippen molar-refractivity contribution in [2.75, 3.05) is 7.11 Å². The molecule has 0 aliphatic carbocycles. The van der Waals surface area contributed by atoms with Crippen molar-refractivity contribution in [3.05, 3.63) is 90.8 Å². The molecule has 2 heterocycles. The van der Waals surface area contributed by atoms with Crippen LogP contribution in [0.1, 0.15) is 10.8 Å². The Morgan fingerprint density at radius 1 is 0.966 bits per heavy atom. The molecular weight excluding hydrogens is 384 g/mol. The van der Waals surface area contributed by atoms with E-state index in [9.17, 15) is 4.79 Å². The van der Waals surface area contributed by atoms with Gasteiger partial charge in [-0.1, -0.05) is 66.7 Å². The maximum absolute atomic E-state index is 12.4. The van der Waals surface area contributed by atoms with Gasteiger partial charge in [0.2, 0.25) is 0 Å². The third-order valence-corrected chi connectivity index (χ3v) is 5.39. The molecule has 4 aromatic rings. The molecule has 0 N–H and O–H groups in total. The van der Waals surface area contributed by atoms with Crippen LogP contribution in [0.25, 0.3) is 22.6 Å². The van der Waals surface area contributed by atoms with Crippen molar-refractivity contribution in [2.24, 2.45) is 0 Å². The average molecular weight is 402 g/mol. The fourth-order valence-corrected chi connectivity index (χ4v) is 3.86. The number of oxazole rings is 1. The lowest BCUT2D eigenvalue weighted by atomic mass is 10.1. The maximum Gasteiger partial charge on any atom is 0.323 e. The highest BCUT2D eigenvalue weighted by Gasteiger charge is 2.27. The minimum atomic E-state index is -0.625. The number of carbonyl (C=O) groups excluding carboxylic acids is 1. The molecule has 0 saturated carbocycles. The van der Waals surface area contributed by atoms with Crippen LogP contribution in [-0.4, -0.2) is 23.0 Å². The number of esters is 1. The van der Waals surface area contributed by atoms with Crippen LogP contribution in [0, 0.1) is 0 Å². The summed E-state index contributed by atoms with van der Waals surface area (Å²) in [6.45, 7) is 0. The fourth-order valence-electron chi connectivity index (χ4n) is 2.92. The predicted molar refractivity (Wildman–Crippen MR) is 112 cm³/mol. The minimum Gasteiger partial charge on any atom is -0.468 e. The molecule has 2 aromatic heterocycles. The molecular formula is C23H18N2O3S. The van der Waals surface area contributed by atoms with E-state index in [0.29, 0.717) is 11.0 Å². The van der Waals surface area contributed by atoms with E-state index in [2.05, 4.69) is 4.98 Å². The fraction of sp³-hybridized carbons (Fsp3) is 0.0870. The van der Waals surface area contributed by atoms with Crippen molar-refractivity contribution in [2.45, 2.75) is 10.5 Å². The zero-order valence-corrected chi connectivity index (χ0v) is 16.5. The van der Waals surface area contributed by atoms with E-state index >= 15 is 0 Å². The molecule has 4 rings (SSSR count). The van der Waals surface area contributed by atoms with E-state index in [0.717, 1.165) is 22.4 Å². The third kappa shape index (κ3) is 4.22. The summed E-state index contributed by atoms with van der Waals surface area (Å²) in [5.41, 5.74) is 3.32. The van der Waals surface area contributed by atoms with Crippen LogP contribution in [0.3, 0.4) is 0 Å².